The molecule has 0 atom stereocenters. The zero-order valence-corrected chi connectivity index (χ0v) is 18.8. The molecule has 0 aromatic rings. The Morgan fingerprint density at radius 1 is 0.636 bits per heavy atom. The van der Waals surface area contributed by atoms with Crippen molar-refractivity contribution in [3.05, 3.63) is 0 Å². The fourth-order valence-corrected chi connectivity index (χ4v) is 2.64. The molecule has 0 unspecified atom stereocenters. The van der Waals surface area contributed by atoms with E-state index in [0.717, 1.165) is 12.8 Å². The van der Waals surface area contributed by atoms with Crippen molar-refractivity contribution in [3.8, 4) is 0 Å². The first kappa shape index (κ1) is 27.5. The van der Waals surface area contributed by atoms with Gasteiger partial charge in [0.05, 0.1) is 0 Å². The topological polar surface area (TPSA) is 40.1 Å². The third-order valence-corrected chi connectivity index (χ3v) is 3.98. The molecule has 0 aliphatic carbocycles. The number of hydrogen-bond donors (Lipinski definition) is 0. The number of hydrogen-bond acceptors (Lipinski definition) is 2. The van der Waals surface area contributed by atoms with Gasteiger partial charge in [-0.15, -0.1) is 0 Å². The molecule has 126 valence electrons. The zero-order chi connectivity index (χ0) is 14.9. The molecule has 0 fully saturated rings. The zero-order valence-electron chi connectivity index (χ0n) is 14.7. The Kier molecular flexibility index (Phi) is 29.8. The number of carboxylic acid groups (broad SMARTS) is 1. The van der Waals surface area contributed by atoms with Gasteiger partial charge in [-0.2, -0.15) is 0 Å². The molecule has 0 bridgehead atoms. The van der Waals surface area contributed by atoms with Gasteiger partial charge in [0.15, 0.2) is 0 Å². The van der Waals surface area contributed by atoms with Crippen LogP contribution in [0.1, 0.15) is 110 Å². The minimum absolute atomic E-state index is 0. The van der Waals surface area contributed by atoms with Crippen LogP contribution in [0.5, 0.6) is 0 Å². The summed E-state index contributed by atoms with van der Waals surface area (Å²) in [5.74, 6) is -0.903. The molecule has 0 spiro atoms. The monoisotopic (exact) mass is 403 g/mol. The fraction of sp³-hybridized carbons (Fsp3) is 0.944. The van der Waals surface area contributed by atoms with Crippen LogP contribution in [0.25, 0.3) is 0 Å². The Bertz CT molecular complexity index is 213. The maximum atomic E-state index is 10.2. The summed E-state index contributed by atoms with van der Waals surface area (Å²) >= 11 is 0. The van der Waals surface area contributed by atoms with Crippen LogP contribution in [0.4, 0.5) is 0 Å². The molecular formula is C18H35FeO2Zn+3. The van der Waals surface area contributed by atoms with Gasteiger partial charge in [0.2, 0.25) is 0 Å². The van der Waals surface area contributed by atoms with Gasteiger partial charge in [0.1, 0.15) is 0 Å². The Labute approximate surface area is 161 Å². The smallest absolute Gasteiger partial charge is 0.550 e. The first-order valence-electron chi connectivity index (χ1n) is 8.97. The van der Waals surface area contributed by atoms with Crippen LogP contribution in [0, 0.1) is 0 Å². The molecule has 0 rings (SSSR count). The SMILES string of the molecule is CCCCCCCCCCCCCCCCCC(=O)[O-].[Fe+2].[Zn+2]. The number of rotatable bonds is 16. The van der Waals surface area contributed by atoms with Crippen molar-refractivity contribution >= 4 is 5.97 Å². The van der Waals surface area contributed by atoms with E-state index in [0.29, 0.717) is 0 Å². The Balaban J connectivity index is -0.00000180. The molecule has 0 N–H and O–H groups in total. The molecule has 0 heterocycles. The fourth-order valence-electron chi connectivity index (χ4n) is 2.64. The van der Waals surface area contributed by atoms with Crippen molar-refractivity contribution in [3.63, 3.8) is 0 Å². The summed E-state index contributed by atoms with van der Waals surface area (Å²) in [5.41, 5.74) is 0. The number of unbranched alkanes of at least 4 members (excludes halogenated alkanes) is 14. The summed E-state index contributed by atoms with van der Waals surface area (Å²) in [7, 11) is 0. The summed E-state index contributed by atoms with van der Waals surface area (Å²) in [6.45, 7) is 2.27. The third kappa shape index (κ3) is 25.6. The molecule has 0 amide bonds. The molecule has 0 saturated carbocycles. The van der Waals surface area contributed by atoms with E-state index in [1.54, 1.807) is 0 Å². The number of carbonyl (C=O) groups excluding carboxylic acids is 1. The van der Waals surface area contributed by atoms with Crippen LogP contribution in [0.15, 0.2) is 0 Å². The Morgan fingerprint density at radius 2 is 0.909 bits per heavy atom. The van der Waals surface area contributed by atoms with E-state index >= 15 is 0 Å². The van der Waals surface area contributed by atoms with E-state index < -0.39 is 5.97 Å². The number of aliphatic carboxylic acids is 1. The Hall–Kier alpha value is 0.613. The first-order valence-corrected chi connectivity index (χ1v) is 8.97. The minimum Gasteiger partial charge on any atom is -0.550 e. The molecule has 0 aliphatic heterocycles. The van der Waals surface area contributed by atoms with Crippen LogP contribution in [-0.4, -0.2) is 5.97 Å². The van der Waals surface area contributed by atoms with Crippen molar-refractivity contribution < 1.29 is 46.4 Å². The molecular weight excluding hydrogens is 369 g/mol. The quantitative estimate of drug-likeness (QED) is 0.268. The average molecular weight is 405 g/mol. The van der Waals surface area contributed by atoms with Gasteiger partial charge in [0, 0.05) is 5.97 Å². The van der Waals surface area contributed by atoms with Crippen molar-refractivity contribution in [2.24, 2.45) is 0 Å². The van der Waals surface area contributed by atoms with Gasteiger partial charge in [-0.25, -0.2) is 0 Å². The van der Waals surface area contributed by atoms with Crippen LogP contribution in [0.3, 0.4) is 0 Å². The predicted molar refractivity (Wildman–Crippen MR) is 84.6 cm³/mol. The largest absolute Gasteiger partial charge is 2.00 e. The molecule has 0 aromatic heterocycles. The second kappa shape index (κ2) is 23.9. The van der Waals surface area contributed by atoms with Crippen molar-refractivity contribution in [1.29, 1.82) is 0 Å². The maximum Gasteiger partial charge on any atom is 2.00 e. The van der Waals surface area contributed by atoms with Gasteiger partial charge in [0.25, 0.3) is 0 Å². The summed E-state index contributed by atoms with van der Waals surface area (Å²) in [6.07, 6.45) is 19.9. The third-order valence-electron chi connectivity index (χ3n) is 3.98. The molecule has 22 heavy (non-hydrogen) atoms. The summed E-state index contributed by atoms with van der Waals surface area (Å²) in [6, 6.07) is 0. The van der Waals surface area contributed by atoms with Crippen molar-refractivity contribution in [1.82, 2.24) is 0 Å². The molecule has 0 radical (unpaired) electrons. The van der Waals surface area contributed by atoms with Crippen LogP contribution in [0.2, 0.25) is 0 Å². The molecule has 0 aromatic carbocycles. The van der Waals surface area contributed by atoms with E-state index in [-0.39, 0.29) is 43.0 Å². The van der Waals surface area contributed by atoms with E-state index in [1.165, 1.54) is 83.5 Å². The van der Waals surface area contributed by atoms with Crippen LogP contribution >= 0.6 is 0 Å². The van der Waals surface area contributed by atoms with Crippen LogP contribution in [-0.2, 0) is 41.3 Å². The maximum absolute atomic E-state index is 10.2. The average Bonchev–Trinajstić information content (AvgIpc) is 2.43. The van der Waals surface area contributed by atoms with E-state index in [1.807, 2.05) is 0 Å². The predicted octanol–water partition coefficient (Wildman–Crippen LogP) is 4.99. The summed E-state index contributed by atoms with van der Waals surface area (Å²) in [4.78, 5) is 10.2. The standard InChI is InChI=1S/C18H36O2.Fe.Zn/c1-2-3-4-5-6-7-8-9-10-11-12-13-14-15-16-17-18(19)20;;/h2-17H2,1H3,(H,19,20);;/q;2*+2/p-1. The van der Waals surface area contributed by atoms with Crippen molar-refractivity contribution in [2.75, 3.05) is 0 Å². The second-order valence-corrected chi connectivity index (χ2v) is 6.07. The second-order valence-electron chi connectivity index (χ2n) is 6.07. The van der Waals surface area contributed by atoms with E-state index in [2.05, 4.69) is 6.92 Å². The van der Waals surface area contributed by atoms with Gasteiger partial charge in [-0.05, 0) is 12.8 Å². The minimum atomic E-state index is -0.903. The molecule has 2 nitrogen and oxygen atoms in total. The Morgan fingerprint density at radius 3 is 1.18 bits per heavy atom. The van der Waals surface area contributed by atoms with Gasteiger partial charge in [-0.3, -0.25) is 0 Å². The van der Waals surface area contributed by atoms with Gasteiger partial charge >= 0.3 is 36.5 Å². The first-order chi connectivity index (χ1) is 9.77. The summed E-state index contributed by atoms with van der Waals surface area (Å²) in [5, 5.41) is 10.2. The van der Waals surface area contributed by atoms with Crippen LogP contribution < -0.4 is 5.11 Å². The number of carboxylic acids is 1. The summed E-state index contributed by atoms with van der Waals surface area (Å²) < 4.78 is 0. The van der Waals surface area contributed by atoms with Gasteiger partial charge < -0.3 is 9.90 Å². The van der Waals surface area contributed by atoms with Gasteiger partial charge in [-0.1, -0.05) is 96.8 Å². The molecule has 4 heteroatoms. The van der Waals surface area contributed by atoms with E-state index in [9.17, 15) is 9.90 Å². The molecule has 0 aliphatic rings. The normalized spacial score (nSPS) is 9.86. The van der Waals surface area contributed by atoms with E-state index in [4.69, 9.17) is 0 Å². The van der Waals surface area contributed by atoms with Crippen molar-refractivity contribution in [2.45, 2.75) is 110 Å². The number of carbonyl (C=O) groups is 1. The molecule has 0 saturated heterocycles.